The zero-order valence-electron chi connectivity index (χ0n) is 18.2. The van der Waals surface area contributed by atoms with Crippen molar-refractivity contribution in [2.45, 2.75) is 32.1 Å². The van der Waals surface area contributed by atoms with Crippen LogP contribution in [-0.2, 0) is 11.2 Å². The Morgan fingerprint density at radius 1 is 1.19 bits per heavy atom. The Balaban J connectivity index is 1.55. The summed E-state index contributed by atoms with van der Waals surface area (Å²) in [4.78, 5) is 18.9. The number of tetrazole rings is 1. The van der Waals surface area contributed by atoms with Crippen LogP contribution in [0.2, 0.25) is 0 Å². The number of aromatic nitrogens is 5. The lowest BCUT2D eigenvalue weighted by atomic mass is 9.83. The molecule has 0 radical (unpaired) electrons. The van der Waals surface area contributed by atoms with Crippen molar-refractivity contribution < 1.29 is 9.90 Å². The molecule has 2 unspecified atom stereocenters. The molecule has 1 fully saturated rings. The third-order valence-corrected chi connectivity index (χ3v) is 6.00. The predicted octanol–water partition coefficient (Wildman–Crippen LogP) is 2.50. The molecular formula is C23H29N7O2. The molecule has 32 heavy (non-hydrogen) atoms. The van der Waals surface area contributed by atoms with Gasteiger partial charge in [-0.1, -0.05) is 42.8 Å². The highest BCUT2D eigenvalue weighted by molar-refractivity contribution is 5.71. The van der Waals surface area contributed by atoms with Crippen molar-refractivity contribution in [3.8, 4) is 11.1 Å². The Morgan fingerprint density at radius 3 is 2.69 bits per heavy atom. The molecule has 9 nitrogen and oxygen atoms in total. The van der Waals surface area contributed by atoms with E-state index in [2.05, 4.69) is 60.1 Å². The van der Waals surface area contributed by atoms with Crippen molar-refractivity contribution in [1.29, 1.82) is 0 Å². The average Bonchev–Trinajstić information content (AvgIpc) is 3.37. The van der Waals surface area contributed by atoms with Crippen LogP contribution in [0, 0.1) is 5.92 Å². The molecule has 1 aromatic carbocycles. The van der Waals surface area contributed by atoms with Gasteiger partial charge in [-0.05, 0) is 36.1 Å². The molecule has 4 rings (SSSR count). The molecular weight excluding hydrogens is 406 g/mol. The number of aromatic amines is 1. The number of rotatable bonds is 9. The normalized spacial score (nSPS) is 16.0. The molecule has 0 spiro atoms. The summed E-state index contributed by atoms with van der Waals surface area (Å²) in [7, 11) is 0. The second-order valence-corrected chi connectivity index (χ2v) is 8.16. The summed E-state index contributed by atoms with van der Waals surface area (Å²) >= 11 is 0. The van der Waals surface area contributed by atoms with Crippen LogP contribution < -0.4 is 10.2 Å². The molecule has 3 N–H and O–H groups in total. The molecule has 9 heteroatoms. The number of hydrogen-bond donors (Lipinski definition) is 3. The minimum Gasteiger partial charge on any atom is -0.481 e. The zero-order chi connectivity index (χ0) is 22.3. The third-order valence-electron chi connectivity index (χ3n) is 6.00. The number of benzene rings is 1. The van der Waals surface area contributed by atoms with Crippen molar-refractivity contribution in [3.05, 3.63) is 54.0 Å². The number of aliphatic carboxylic acids is 1. The summed E-state index contributed by atoms with van der Waals surface area (Å²) in [5, 5.41) is 27.5. The fourth-order valence-electron chi connectivity index (χ4n) is 4.32. The van der Waals surface area contributed by atoms with Gasteiger partial charge in [-0.15, -0.1) is 10.2 Å². The first-order valence-corrected chi connectivity index (χ1v) is 11.1. The molecule has 3 aromatic rings. The van der Waals surface area contributed by atoms with Crippen molar-refractivity contribution in [2.24, 2.45) is 5.92 Å². The maximum atomic E-state index is 12.0. The summed E-state index contributed by atoms with van der Waals surface area (Å²) in [6, 6.07) is 12.3. The van der Waals surface area contributed by atoms with E-state index in [1.54, 1.807) is 0 Å². The second kappa shape index (κ2) is 10.3. The first kappa shape index (κ1) is 21.9. The molecule has 2 atom stereocenters. The molecule has 0 bridgehead atoms. The molecule has 1 aliphatic rings. The fourth-order valence-corrected chi connectivity index (χ4v) is 4.32. The predicted molar refractivity (Wildman–Crippen MR) is 121 cm³/mol. The quantitative estimate of drug-likeness (QED) is 0.469. The summed E-state index contributed by atoms with van der Waals surface area (Å²) in [6.07, 6.45) is 3.77. The van der Waals surface area contributed by atoms with Gasteiger partial charge in [0.1, 0.15) is 5.82 Å². The molecule has 0 saturated carbocycles. The molecule has 3 heterocycles. The van der Waals surface area contributed by atoms with Crippen LogP contribution in [-0.4, -0.2) is 62.9 Å². The number of pyridine rings is 1. The highest BCUT2D eigenvalue weighted by Crippen LogP contribution is 2.31. The van der Waals surface area contributed by atoms with E-state index in [0.717, 1.165) is 55.1 Å². The van der Waals surface area contributed by atoms with Gasteiger partial charge >= 0.3 is 5.97 Å². The lowest BCUT2D eigenvalue weighted by molar-refractivity contribution is -0.142. The number of piperazine rings is 1. The lowest BCUT2D eigenvalue weighted by Gasteiger charge is -2.28. The standard InChI is InChI=1S/C23H29N7O2/c1-2-4-19(23(31)32)20(22-26-28-29-27-22)14-16-5-3-6-17(13-16)18-7-8-21(25-15-18)30-11-9-24-10-12-30/h3,5-8,13,15,19-20,24H,2,4,9-12,14H2,1H3,(H,31,32)(H,26,27,28,29). The fraction of sp³-hybridized carbons (Fsp3) is 0.435. The SMILES string of the molecule is CCCC(C(=O)O)C(Cc1cccc(-c2ccc(N3CCNCC3)nc2)c1)c1nn[nH]n1. The molecule has 2 aromatic heterocycles. The number of carboxylic acids is 1. The number of H-pyrrole nitrogens is 1. The Labute approximate surface area is 187 Å². The van der Waals surface area contributed by atoms with E-state index in [0.29, 0.717) is 18.7 Å². The maximum Gasteiger partial charge on any atom is 0.307 e. The zero-order valence-corrected chi connectivity index (χ0v) is 18.2. The molecule has 0 aliphatic carbocycles. The van der Waals surface area contributed by atoms with Gasteiger partial charge < -0.3 is 15.3 Å². The van der Waals surface area contributed by atoms with Crippen molar-refractivity contribution in [2.75, 3.05) is 31.1 Å². The Morgan fingerprint density at radius 2 is 2.03 bits per heavy atom. The van der Waals surface area contributed by atoms with Crippen molar-refractivity contribution >= 4 is 11.8 Å². The highest BCUT2D eigenvalue weighted by Gasteiger charge is 2.32. The Hall–Kier alpha value is -3.33. The molecule has 0 amide bonds. The summed E-state index contributed by atoms with van der Waals surface area (Å²) in [6.45, 7) is 5.86. The van der Waals surface area contributed by atoms with E-state index >= 15 is 0 Å². The van der Waals surface area contributed by atoms with Gasteiger partial charge in [0.15, 0.2) is 5.82 Å². The van der Waals surface area contributed by atoms with E-state index < -0.39 is 11.9 Å². The van der Waals surface area contributed by atoms with Gasteiger partial charge in [0.05, 0.1) is 5.92 Å². The first-order valence-electron chi connectivity index (χ1n) is 11.1. The average molecular weight is 436 g/mol. The highest BCUT2D eigenvalue weighted by atomic mass is 16.4. The maximum absolute atomic E-state index is 12.0. The van der Waals surface area contributed by atoms with E-state index in [4.69, 9.17) is 0 Å². The van der Waals surface area contributed by atoms with Crippen LogP contribution in [0.15, 0.2) is 42.6 Å². The Kier molecular flexibility index (Phi) is 7.06. The molecule has 1 saturated heterocycles. The third kappa shape index (κ3) is 5.11. The van der Waals surface area contributed by atoms with Gasteiger partial charge in [-0.3, -0.25) is 4.79 Å². The number of nitrogens with zero attached hydrogens (tertiary/aromatic N) is 5. The monoisotopic (exact) mass is 435 g/mol. The molecule has 1 aliphatic heterocycles. The lowest BCUT2D eigenvalue weighted by Crippen LogP contribution is -2.43. The first-order chi connectivity index (χ1) is 15.7. The number of carboxylic acid groups (broad SMARTS) is 1. The summed E-state index contributed by atoms with van der Waals surface area (Å²) in [5.74, 6) is -0.313. The number of hydrogen-bond acceptors (Lipinski definition) is 7. The van der Waals surface area contributed by atoms with Crippen LogP contribution in [0.3, 0.4) is 0 Å². The van der Waals surface area contributed by atoms with Crippen LogP contribution in [0.4, 0.5) is 5.82 Å². The van der Waals surface area contributed by atoms with Gasteiger partial charge in [-0.2, -0.15) is 5.21 Å². The topological polar surface area (TPSA) is 120 Å². The largest absolute Gasteiger partial charge is 0.481 e. The van der Waals surface area contributed by atoms with Crippen molar-refractivity contribution in [1.82, 2.24) is 30.9 Å². The minimum absolute atomic E-state index is 0.352. The Bertz CT molecular complexity index is 1000. The number of nitrogens with one attached hydrogen (secondary N) is 2. The van der Waals surface area contributed by atoms with Crippen LogP contribution in [0.1, 0.15) is 37.1 Å². The van der Waals surface area contributed by atoms with E-state index in [9.17, 15) is 9.90 Å². The second-order valence-electron chi connectivity index (χ2n) is 8.16. The van der Waals surface area contributed by atoms with E-state index in [1.807, 2.05) is 25.3 Å². The number of carbonyl (C=O) groups is 1. The van der Waals surface area contributed by atoms with Crippen molar-refractivity contribution in [3.63, 3.8) is 0 Å². The van der Waals surface area contributed by atoms with Crippen LogP contribution >= 0.6 is 0 Å². The van der Waals surface area contributed by atoms with Gasteiger partial charge in [0.2, 0.25) is 0 Å². The molecule has 168 valence electrons. The van der Waals surface area contributed by atoms with Gasteiger partial charge in [0.25, 0.3) is 0 Å². The van der Waals surface area contributed by atoms with Crippen LogP contribution in [0.5, 0.6) is 0 Å². The smallest absolute Gasteiger partial charge is 0.307 e. The minimum atomic E-state index is -0.828. The van der Waals surface area contributed by atoms with Crippen LogP contribution in [0.25, 0.3) is 11.1 Å². The van der Waals surface area contributed by atoms with Gasteiger partial charge in [0, 0.05) is 43.9 Å². The van der Waals surface area contributed by atoms with Gasteiger partial charge in [-0.25, -0.2) is 4.98 Å². The van der Waals surface area contributed by atoms with E-state index in [-0.39, 0.29) is 5.92 Å². The van der Waals surface area contributed by atoms with E-state index in [1.165, 1.54) is 0 Å². The summed E-state index contributed by atoms with van der Waals surface area (Å²) in [5.41, 5.74) is 3.12. The number of anilines is 1. The summed E-state index contributed by atoms with van der Waals surface area (Å²) < 4.78 is 0.